The fourth-order valence-electron chi connectivity index (χ4n) is 4.19. The molecule has 4 aromatic rings. The number of anilines is 2. The molecule has 10 heteroatoms. The van der Waals surface area contributed by atoms with Crippen molar-refractivity contribution in [3.05, 3.63) is 83.4 Å². The summed E-state index contributed by atoms with van der Waals surface area (Å²) in [6.07, 6.45) is 1.51. The van der Waals surface area contributed by atoms with Crippen LogP contribution in [0.5, 0.6) is 5.75 Å². The molecule has 3 aromatic carbocycles. The molecule has 1 atom stereocenters. The molecule has 1 unspecified atom stereocenters. The number of hydrogen-bond acceptors (Lipinski definition) is 7. The van der Waals surface area contributed by atoms with Gasteiger partial charge in [0.25, 0.3) is 6.02 Å². The van der Waals surface area contributed by atoms with Gasteiger partial charge in [0.15, 0.2) is 0 Å². The molecule has 1 aromatic heterocycles. The highest BCUT2D eigenvalue weighted by molar-refractivity contribution is 6.32. The van der Waals surface area contributed by atoms with Crippen LogP contribution in [0.4, 0.5) is 21.6 Å². The van der Waals surface area contributed by atoms with Crippen LogP contribution in [-0.2, 0) is 11.3 Å². The van der Waals surface area contributed by atoms with E-state index in [1.165, 1.54) is 18.5 Å². The molecule has 0 aliphatic carbocycles. The summed E-state index contributed by atoms with van der Waals surface area (Å²) in [6.45, 7) is 1.69. The Hall–Kier alpha value is -3.95. The number of benzene rings is 3. The standard InChI is InChI=1S/C28H28ClFN6O2/c1-35(2)14-22-16-38-28(36(22)3)34-20-7-9-25-23(12-20)27(32-17-31-25)33-21-8-10-26(24(29)13-21)37-15-18-5-4-6-19(30)11-18/h4-13,17,22H,14-16H2,1-3H3,(H,31,32,33). The Labute approximate surface area is 225 Å². The van der Waals surface area contributed by atoms with Gasteiger partial charge in [-0.2, -0.15) is 4.99 Å². The van der Waals surface area contributed by atoms with Crippen molar-refractivity contribution in [2.45, 2.75) is 12.6 Å². The van der Waals surface area contributed by atoms with Crippen molar-refractivity contribution < 1.29 is 13.9 Å². The van der Waals surface area contributed by atoms with Crippen LogP contribution in [0.3, 0.4) is 0 Å². The van der Waals surface area contributed by atoms with Crippen molar-refractivity contribution in [1.29, 1.82) is 0 Å². The van der Waals surface area contributed by atoms with Crippen LogP contribution >= 0.6 is 11.6 Å². The maximum Gasteiger partial charge on any atom is 0.292 e. The molecule has 38 heavy (non-hydrogen) atoms. The van der Waals surface area contributed by atoms with E-state index in [0.29, 0.717) is 29.2 Å². The molecule has 0 bridgehead atoms. The van der Waals surface area contributed by atoms with Gasteiger partial charge in [0, 0.05) is 24.7 Å². The number of hydrogen-bond donors (Lipinski definition) is 1. The van der Waals surface area contributed by atoms with Gasteiger partial charge in [-0.3, -0.25) is 0 Å². The normalized spacial score (nSPS) is 16.3. The molecule has 0 radical (unpaired) electrons. The van der Waals surface area contributed by atoms with Crippen molar-refractivity contribution in [1.82, 2.24) is 19.8 Å². The number of ether oxygens (including phenoxy) is 2. The number of halogens is 2. The zero-order valence-corrected chi connectivity index (χ0v) is 22.1. The number of nitrogens with one attached hydrogen (secondary N) is 1. The number of amidine groups is 1. The molecule has 1 fully saturated rings. The predicted octanol–water partition coefficient (Wildman–Crippen LogP) is 5.62. The molecule has 0 amide bonds. The number of likely N-dealkylation sites (N-methyl/N-ethyl adjacent to an activating group) is 2. The Morgan fingerprint density at radius 1 is 1.16 bits per heavy atom. The Balaban J connectivity index is 1.33. The maximum atomic E-state index is 13.4. The summed E-state index contributed by atoms with van der Waals surface area (Å²) in [4.78, 5) is 17.8. The first-order valence-corrected chi connectivity index (χ1v) is 12.5. The topological polar surface area (TPSA) is 75.1 Å². The molecule has 196 valence electrons. The Morgan fingerprint density at radius 3 is 2.82 bits per heavy atom. The average Bonchev–Trinajstić information content (AvgIpc) is 3.22. The lowest BCUT2D eigenvalue weighted by atomic mass is 10.2. The highest BCUT2D eigenvalue weighted by Gasteiger charge is 2.28. The van der Waals surface area contributed by atoms with Gasteiger partial charge in [-0.05, 0) is 68.2 Å². The van der Waals surface area contributed by atoms with Crippen LogP contribution in [0.15, 0.2) is 72.0 Å². The van der Waals surface area contributed by atoms with Crippen LogP contribution in [0.2, 0.25) is 5.02 Å². The van der Waals surface area contributed by atoms with E-state index >= 15 is 0 Å². The van der Waals surface area contributed by atoms with Gasteiger partial charge >= 0.3 is 0 Å². The van der Waals surface area contributed by atoms with Crippen LogP contribution in [0.25, 0.3) is 10.9 Å². The monoisotopic (exact) mass is 534 g/mol. The molecule has 1 aliphatic heterocycles. The van der Waals surface area contributed by atoms with Crippen molar-refractivity contribution in [2.24, 2.45) is 4.99 Å². The van der Waals surface area contributed by atoms with E-state index in [1.54, 1.807) is 24.3 Å². The first-order chi connectivity index (χ1) is 18.4. The Morgan fingerprint density at radius 2 is 2.03 bits per heavy atom. The van der Waals surface area contributed by atoms with E-state index < -0.39 is 0 Å². The molecule has 0 saturated carbocycles. The first-order valence-electron chi connectivity index (χ1n) is 12.1. The molecule has 1 aliphatic rings. The van der Waals surface area contributed by atoms with E-state index in [2.05, 4.69) is 25.1 Å². The number of aromatic nitrogens is 2. The van der Waals surface area contributed by atoms with Gasteiger partial charge in [-0.25, -0.2) is 14.4 Å². The molecule has 1 N–H and O–H groups in total. The minimum Gasteiger partial charge on any atom is -0.487 e. The number of aliphatic imine (C=N–C) groups is 1. The zero-order chi connectivity index (χ0) is 26.6. The minimum absolute atomic E-state index is 0.209. The quantitative estimate of drug-likeness (QED) is 0.314. The highest BCUT2D eigenvalue weighted by atomic mass is 35.5. The second-order valence-electron chi connectivity index (χ2n) is 9.34. The first kappa shape index (κ1) is 25.7. The van der Waals surface area contributed by atoms with E-state index in [1.807, 2.05) is 45.4 Å². The summed E-state index contributed by atoms with van der Waals surface area (Å²) in [5.41, 5.74) is 2.97. The number of nitrogens with zero attached hydrogens (tertiary/aromatic N) is 5. The van der Waals surface area contributed by atoms with Gasteiger partial charge < -0.3 is 24.6 Å². The lowest BCUT2D eigenvalue weighted by Gasteiger charge is -2.21. The minimum atomic E-state index is -0.306. The second-order valence-corrected chi connectivity index (χ2v) is 9.75. The van der Waals surface area contributed by atoms with Crippen LogP contribution in [-0.4, -0.2) is 66.1 Å². The van der Waals surface area contributed by atoms with Gasteiger partial charge in [0.05, 0.1) is 22.3 Å². The maximum absolute atomic E-state index is 13.4. The fourth-order valence-corrected chi connectivity index (χ4v) is 4.43. The lowest BCUT2D eigenvalue weighted by molar-refractivity contribution is 0.262. The third kappa shape index (κ3) is 5.95. The van der Waals surface area contributed by atoms with E-state index in [4.69, 9.17) is 26.1 Å². The van der Waals surface area contributed by atoms with E-state index in [-0.39, 0.29) is 18.5 Å². The summed E-state index contributed by atoms with van der Waals surface area (Å²) in [5, 5.41) is 4.55. The van der Waals surface area contributed by atoms with Crippen LogP contribution < -0.4 is 10.1 Å². The van der Waals surface area contributed by atoms with Crippen molar-refractivity contribution in [2.75, 3.05) is 39.6 Å². The molecule has 0 spiro atoms. The third-order valence-electron chi connectivity index (χ3n) is 6.15. The largest absolute Gasteiger partial charge is 0.487 e. The number of rotatable bonds is 8. The Bertz CT molecular complexity index is 1480. The molecular weight excluding hydrogens is 507 g/mol. The lowest BCUT2D eigenvalue weighted by Crippen LogP contribution is -2.38. The highest BCUT2D eigenvalue weighted by Crippen LogP contribution is 2.32. The van der Waals surface area contributed by atoms with Gasteiger partial charge in [-0.15, -0.1) is 0 Å². The second kappa shape index (κ2) is 11.2. The average molecular weight is 535 g/mol. The van der Waals surface area contributed by atoms with Crippen molar-refractivity contribution in [3.8, 4) is 5.75 Å². The third-order valence-corrected chi connectivity index (χ3v) is 6.45. The van der Waals surface area contributed by atoms with Gasteiger partial charge in [0.2, 0.25) is 0 Å². The Kier molecular flexibility index (Phi) is 7.57. The fraction of sp³-hybridized carbons (Fsp3) is 0.250. The van der Waals surface area contributed by atoms with Crippen LogP contribution in [0, 0.1) is 5.82 Å². The van der Waals surface area contributed by atoms with Gasteiger partial charge in [-0.1, -0.05) is 23.7 Å². The van der Waals surface area contributed by atoms with E-state index in [9.17, 15) is 4.39 Å². The summed E-state index contributed by atoms with van der Waals surface area (Å²) >= 11 is 6.48. The summed E-state index contributed by atoms with van der Waals surface area (Å²) in [6, 6.07) is 18.2. The van der Waals surface area contributed by atoms with Crippen molar-refractivity contribution >= 4 is 45.7 Å². The molecular formula is C28H28ClFN6O2. The predicted molar refractivity (Wildman–Crippen MR) is 148 cm³/mol. The SMILES string of the molecule is CN(C)CC1COC(=Nc2ccc3ncnc(Nc4ccc(OCc5cccc(F)c5)c(Cl)c4)c3c2)N1C. The zero-order valence-electron chi connectivity index (χ0n) is 21.4. The van der Waals surface area contributed by atoms with E-state index in [0.717, 1.165) is 34.4 Å². The molecule has 2 heterocycles. The molecule has 8 nitrogen and oxygen atoms in total. The van der Waals surface area contributed by atoms with Crippen molar-refractivity contribution in [3.63, 3.8) is 0 Å². The molecule has 1 saturated heterocycles. The number of fused-ring (bicyclic) bond motifs is 1. The summed E-state index contributed by atoms with van der Waals surface area (Å²) < 4.78 is 25.1. The molecule has 5 rings (SSSR count). The summed E-state index contributed by atoms with van der Waals surface area (Å²) in [5.74, 6) is 0.813. The van der Waals surface area contributed by atoms with Crippen LogP contribution in [0.1, 0.15) is 5.56 Å². The summed E-state index contributed by atoms with van der Waals surface area (Å²) in [7, 11) is 6.08. The van der Waals surface area contributed by atoms with Gasteiger partial charge in [0.1, 0.15) is 36.9 Å². The smallest absolute Gasteiger partial charge is 0.292 e.